The first-order valence-corrected chi connectivity index (χ1v) is 6.80. The van der Waals surface area contributed by atoms with Crippen molar-refractivity contribution in [2.24, 2.45) is 0 Å². The molecule has 0 aromatic rings. The van der Waals surface area contributed by atoms with Crippen LogP contribution in [-0.2, 0) is 9.59 Å². The smallest absolute Gasteiger partial charge is 0.317 e. The topological polar surface area (TPSA) is 76.1 Å². The third-order valence-corrected chi connectivity index (χ3v) is 3.65. The molecule has 2 aliphatic heterocycles. The molecular formula is C12H22N4O3. The summed E-state index contributed by atoms with van der Waals surface area (Å²) < 4.78 is 0. The predicted octanol–water partition coefficient (Wildman–Crippen LogP) is -1.88. The summed E-state index contributed by atoms with van der Waals surface area (Å²) in [5, 5.41) is 12.0. The molecule has 7 nitrogen and oxygen atoms in total. The van der Waals surface area contributed by atoms with Crippen molar-refractivity contribution >= 4 is 11.9 Å². The largest absolute Gasteiger partial charge is 0.480 e. The van der Waals surface area contributed by atoms with Gasteiger partial charge in [-0.3, -0.25) is 19.4 Å². The quantitative estimate of drug-likeness (QED) is 0.623. The van der Waals surface area contributed by atoms with Crippen LogP contribution in [0.2, 0.25) is 0 Å². The lowest BCUT2D eigenvalue weighted by atomic mass is 10.3. The van der Waals surface area contributed by atoms with Gasteiger partial charge in [-0.25, -0.2) is 0 Å². The van der Waals surface area contributed by atoms with E-state index in [4.69, 9.17) is 5.11 Å². The molecule has 108 valence electrons. The van der Waals surface area contributed by atoms with Gasteiger partial charge in [0, 0.05) is 52.4 Å². The number of hydrogen-bond acceptors (Lipinski definition) is 5. The summed E-state index contributed by atoms with van der Waals surface area (Å²) in [6.45, 7) is 6.87. The van der Waals surface area contributed by atoms with Crippen LogP contribution < -0.4 is 5.32 Å². The molecule has 0 radical (unpaired) electrons. The van der Waals surface area contributed by atoms with Crippen molar-refractivity contribution in [1.29, 1.82) is 0 Å². The molecule has 0 aliphatic carbocycles. The van der Waals surface area contributed by atoms with Crippen molar-refractivity contribution < 1.29 is 14.7 Å². The van der Waals surface area contributed by atoms with Gasteiger partial charge in [0.05, 0.1) is 13.1 Å². The fraction of sp³-hybridized carbons (Fsp3) is 0.833. The number of piperazine rings is 2. The Labute approximate surface area is 113 Å². The minimum Gasteiger partial charge on any atom is -0.480 e. The van der Waals surface area contributed by atoms with Crippen molar-refractivity contribution in [3.8, 4) is 0 Å². The second kappa shape index (κ2) is 6.83. The van der Waals surface area contributed by atoms with Gasteiger partial charge in [-0.15, -0.1) is 0 Å². The summed E-state index contributed by atoms with van der Waals surface area (Å²) >= 11 is 0. The highest BCUT2D eigenvalue weighted by atomic mass is 16.4. The van der Waals surface area contributed by atoms with Crippen LogP contribution in [0.25, 0.3) is 0 Å². The van der Waals surface area contributed by atoms with E-state index < -0.39 is 5.97 Å². The maximum absolute atomic E-state index is 12.1. The third-order valence-electron chi connectivity index (χ3n) is 3.65. The zero-order valence-electron chi connectivity index (χ0n) is 11.2. The summed E-state index contributed by atoms with van der Waals surface area (Å²) in [7, 11) is 0. The van der Waals surface area contributed by atoms with E-state index in [-0.39, 0.29) is 12.5 Å². The van der Waals surface area contributed by atoms with Gasteiger partial charge in [0.1, 0.15) is 0 Å². The normalized spacial score (nSPS) is 22.4. The fourth-order valence-corrected chi connectivity index (χ4v) is 2.50. The molecule has 0 spiro atoms. The number of nitrogens with zero attached hydrogens (tertiary/aromatic N) is 3. The van der Waals surface area contributed by atoms with Crippen LogP contribution in [-0.4, -0.2) is 97.1 Å². The van der Waals surface area contributed by atoms with Crippen molar-refractivity contribution in [3.05, 3.63) is 0 Å². The number of hydrogen-bond donors (Lipinski definition) is 2. The number of amides is 1. The van der Waals surface area contributed by atoms with Gasteiger partial charge in [0.15, 0.2) is 0 Å². The fourth-order valence-electron chi connectivity index (χ4n) is 2.50. The molecule has 2 N–H and O–H groups in total. The van der Waals surface area contributed by atoms with E-state index >= 15 is 0 Å². The lowest BCUT2D eigenvalue weighted by Crippen LogP contribution is -2.53. The average Bonchev–Trinajstić information content (AvgIpc) is 2.41. The highest BCUT2D eigenvalue weighted by Crippen LogP contribution is 2.03. The predicted molar refractivity (Wildman–Crippen MR) is 70.0 cm³/mol. The molecule has 2 aliphatic rings. The second-order valence-electron chi connectivity index (χ2n) is 5.08. The summed E-state index contributed by atoms with van der Waals surface area (Å²) in [4.78, 5) is 28.6. The maximum atomic E-state index is 12.1. The Bertz CT molecular complexity index is 323. The average molecular weight is 270 g/mol. The molecule has 2 saturated heterocycles. The highest BCUT2D eigenvalue weighted by Gasteiger charge is 2.23. The summed E-state index contributed by atoms with van der Waals surface area (Å²) in [5.41, 5.74) is 0. The van der Waals surface area contributed by atoms with E-state index in [0.717, 1.165) is 52.4 Å². The Morgan fingerprint density at radius 3 is 1.95 bits per heavy atom. The van der Waals surface area contributed by atoms with Crippen LogP contribution in [0.4, 0.5) is 0 Å². The van der Waals surface area contributed by atoms with Gasteiger partial charge >= 0.3 is 5.97 Å². The molecule has 0 bridgehead atoms. The van der Waals surface area contributed by atoms with E-state index in [1.54, 1.807) is 0 Å². The Morgan fingerprint density at radius 2 is 1.42 bits per heavy atom. The molecular weight excluding hydrogens is 248 g/mol. The minimum atomic E-state index is -0.787. The van der Waals surface area contributed by atoms with Crippen molar-refractivity contribution in [3.63, 3.8) is 0 Å². The molecule has 0 aromatic carbocycles. The van der Waals surface area contributed by atoms with E-state index in [2.05, 4.69) is 10.2 Å². The lowest BCUT2D eigenvalue weighted by molar-refractivity contribution is -0.139. The van der Waals surface area contributed by atoms with Crippen molar-refractivity contribution in [1.82, 2.24) is 20.0 Å². The van der Waals surface area contributed by atoms with Crippen molar-refractivity contribution in [2.45, 2.75) is 0 Å². The van der Waals surface area contributed by atoms with E-state index in [9.17, 15) is 9.59 Å². The zero-order valence-corrected chi connectivity index (χ0v) is 11.2. The van der Waals surface area contributed by atoms with E-state index in [0.29, 0.717) is 6.54 Å². The maximum Gasteiger partial charge on any atom is 0.317 e. The molecule has 2 heterocycles. The molecule has 19 heavy (non-hydrogen) atoms. The van der Waals surface area contributed by atoms with Gasteiger partial charge in [-0.2, -0.15) is 0 Å². The molecule has 0 unspecified atom stereocenters. The first-order valence-electron chi connectivity index (χ1n) is 6.80. The molecule has 0 saturated carbocycles. The standard InChI is InChI=1S/C12H22N4O3/c17-11(16-3-1-13-2-4-16)9-14-5-7-15(8-6-14)10-12(18)19/h13H,1-10H2,(H,18,19). The summed E-state index contributed by atoms with van der Waals surface area (Å²) in [6, 6.07) is 0. The Balaban J connectivity index is 1.69. The number of carbonyl (C=O) groups excluding carboxylic acids is 1. The van der Waals surface area contributed by atoms with Crippen LogP contribution in [0.1, 0.15) is 0 Å². The molecule has 1 amide bonds. The number of carboxylic acid groups (broad SMARTS) is 1. The van der Waals surface area contributed by atoms with Gasteiger partial charge < -0.3 is 15.3 Å². The van der Waals surface area contributed by atoms with Gasteiger partial charge in [-0.1, -0.05) is 0 Å². The number of rotatable bonds is 4. The summed E-state index contributed by atoms with van der Waals surface area (Å²) in [5.74, 6) is -0.599. The Kier molecular flexibility index (Phi) is 5.12. The minimum absolute atomic E-state index is 0.0968. The molecule has 0 aromatic heterocycles. The van der Waals surface area contributed by atoms with Crippen LogP contribution in [0.15, 0.2) is 0 Å². The second-order valence-corrected chi connectivity index (χ2v) is 5.08. The number of carboxylic acids is 1. The number of carbonyl (C=O) groups is 2. The van der Waals surface area contributed by atoms with E-state index in [1.807, 2.05) is 9.80 Å². The van der Waals surface area contributed by atoms with Gasteiger partial charge in [0.2, 0.25) is 5.91 Å². The van der Waals surface area contributed by atoms with Crippen LogP contribution in [0.5, 0.6) is 0 Å². The van der Waals surface area contributed by atoms with Crippen LogP contribution in [0.3, 0.4) is 0 Å². The molecule has 0 atom stereocenters. The molecule has 7 heteroatoms. The lowest BCUT2D eigenvalue weighted by Gasteiger charge is -2.35. The summed E-state index contributed by atoms with van der Waals surface area (Å²) in [6.07, 6.45) is 0. The zero-order chi connectivity index (χ0) is 13.7. The molecule has 2 fully saturated rings. The number of aliphatic carboxylic acids is 1. The Hall–Kier alpha value is -1.18. The molecule has 2 rings (SSSR count). The Morgan fingerprint density at radius 1 is 0.895 bits per heavy atom. The monoisotopic (exact) mass is 270 g/mol. The SMILES string of the molecule is O=C(O)CN1CCN(CC(=O)N2CCNCC2)CC1. The van der Waals surface area contributed by atoms with Crippen LogP contribution >= 0.6 is 0 Å². The van der Waals surface area contributed by atoms with Gasteiger partial charge in [-0.05, 0) is 0 Å². The first-order chi connectivity index (χ1) is 9.15. The van der Waals surface area contributed by atoms with E-state index in [1.165, 1.54) is 0 Å². The third kappa shape index (κ3) is 4.45. The van der Waals surface area contributed by atoms with Gasteiger partial charge in [0.25, 0.3) is 0 Å². The van der Waals surface area contributed by atoms with Crippen LogP contribution in [0, 0.1) is 0 Å². The first kappa shape index (κ1) is 14.2. The highest BCUT2D eigenvalue weighted by molar-refractivity contribution is 5.78. The number of nitrogens with one attached hydrogen (secondary N) is 1. The van der Waals surface area contributed by atoms with Crippen molar-refractivity contribution in [2.75, 3.05) is 65.4 Å².